The van der Waals surface area contributed by atoms with Gasteiger partial charge in [-0.2, -0.15) is 13.2 Å². The summed E-state index contributed by atoms with van der Waals surface area (Å²) < 4.78 is 38.0. The van der Waals surface area contributed by atoms with Crippen LogP contribution in [0.1, 0.15) is 38.2 Å². The molecule has 0 spiro atoms. The highest BCUT2D eigenvalue weighted by molar-refractivity contribution is 6.29. The van der Waals surface area contributed by atoms with Crippen LogP contribution < -0.4 is 5.32 Å². The fourth-order valence-corrected chi connectivity index (χ4v) is 2.75. The molecule has 0 aromatic carbocycles. The summed E-state index contributed by atoms with van der Waals surface area (Å²) in [6.07, 6.45) is 0.197. The second-order valence-electron chi connectivity index (χ2n) is 5.04. The van der Waals surface area contributed by atoms with Gasteiger partial charge < -0.3 is 5.32 Å². The topological polar surface area (TPSA) is 24.9 Å². The van der Waals surface area contributed by atoms with Crippen molar-refractivity contribution in [2.75, 3.05) is 5.32 Å². The van der Waals surface area contributed by atoms with Crippen molar-refractivity contribution >= 4 is 17.4 Å². The highest BCUT2D eigenvalue weighted by Crippen LogP contribution is 2.33. The van der Waals surface area contributed by atoms with Gasteiger partial charge in [-0.25, -0.2) is 4.98 Å². The van der Waals surface area contributed by atoms with Crippen molar-refractivity contribution in [1.29, 1.82) is 0 Å². The molecule has 1 unspecified atom stereocenters. The monoisotopic (exact) mass is 292 g/mol. The van der Waals surface area contributed by atoms with Crippen molar-refractivity contribution in [3.8, 4) is 0 Å². The zero-order valence-corrected chi connectivity index (χ0v) is 11.4. The molecule has 1 aliphatic carbocycles. The second-order valence-corrected chi connectivity index (χ2v) is 5.43. The lowest BCUT2D eigenvalue weighted by molar-refractivity contribution is -0.137. The number of alkyl halides is 3. The number of aromatic nitrogens is 1. The third-order valence-electron chi connectivity index (χ3n) is 3.60. The number of halogens is 4. The average Bonchev–Trinajstić information content (AvgIpc) is 2.80. The molecule has 0 radical (unpaired) electrons. The highest BCUT2D eigenvalue weighted by Gasteiger charge is 2.32. The molecule has 1 atom stereocenters. The van der Waals surface area contributed by atoms with E-state index in [1.807, 2.05) is 6.92 Å². The van der Waals surface area contributed by atoms with Crippen LogP contribution in [0.5, 0.6) is 0 Å². The van der Waals surface area contributed by atoms with Gasteiger partial charge in [-0.05, 0) is 37.8 Å². The molecule has 1 saturated carbocycles. The van der Waals surface area contributed by atoms with E-state index in [1.165, 1.54) is 12.8 Å². The van der Waals surface area contributed by atoms with E-state index in [-0.39, 0.29) is 17.0 Å². The molecule has 1 N–H and O–H groups in total. The van der Waals surface area contributed by atoms with Gasteiger partial charge in [0.1, 0.15) is 11.0 Å². The molecule has 0 aliphatic heterocycles. The Morgan fingerprint density at radius 1 is 1.32 bits per heavy atom. The van der Waals surface area contributed by atoms with Gasteiger partial charge >= 0.3 is 6.18 Å². The Labute approximate surface area is 115 Å². The molecule has 1 aromatic rings. The smallest absolute Gasteiger partial charge is 0.367 e. The van der Waals surface area contributed by atoms with Crippen LogP contribution in [0.15, 0.2) is 12.1 Å². The van der Waals surface area contributed by atoms with Gasteiger partial charge in [0.25, 0.3) is 0 Å². The number of nitrogens with one attached hydrogen (secondary N) is 1. The maximum absolute atomic E-state index is 12.7. The van der Waals surface area contributed by atoms with Crippen LogP contribution in [0.25, 0.3) is 0 Å². The Hall–Kier alpha value is -0.970. The predicted molar refractivity (Wildman–Crippen MR) is 69.3 cm³/mol. The summed E-state index contributed by atoms with van der Waals surface area (Å²) in [6, 6.07) is 1.96. The van der Waals surface area contributed by atoms with Crippen LogP contribution in [0.2, 0.25) is 5.15 Å². The van der Waals surface area contributed by atoms with Gasteiger partial charge in [-0.1, -0.05) is 24.4 Å². The largest absolute Gasteiger partial charge is 0.416 e. The number of hydrogen-bond donors (Lipinski definition) is 1. The number of hydrogen-bond acceptors (Lipinski definition) is 2. The average molecular weight is 293 g/mol. The van der Waals surface area contributed by atoms with Crippen molar-refractivity contribution in [2.45, 2.75) is 44.8 Å². The maximum Gasteiger partial charge on any atom is 0.416 e. The Morgan fingerprint density at radius 3 is 2.53 bits per heavy atom. The zero-order chi connectivity index (χ0) is 14.0. The van der Waals surface area contributed by atoms with E-state index in [0.29, 0.717) is 5.92 Å². The van der Waals surface area contributed by atoms with E-state index in [9.17, 15) is 13.2 Å². The summed E-state index contributed by atoms with van der Waals surface area (Å²) in [7, 11) is 0. The zero-order valence-electron chi connectivity index (χ0n) is 10.6. The molecule has 2 nitrogen and oxygen atoms in total. The minimum atomic E-state index is -4.40. The van der Waals surface area contributed by atoms with E-state index in [1.54, 1.807) is 0 Å². The molecule has 0 bridgehead atoms. The van der Waals surface area contributed by atoms with E-state index in [0.717, 1.165) is 25.0 Å². The number of rotatable bonds is 3. The minimum absolute atomic E-state index is 0.106. The molecule has 1 aromatic heterocycles. The fourth-order valence-electron chi connectivity index (χ4n) is 2.54. The molecule has 1 fully saturated rings. The normalized spacial score (nSPS) is 18.6. The molecular weight excluding hydrogens is 277 g/mol. The standard InChI is InChI=1S/C13H16ClF3N2/c1-8(9-4-2-3-5-9)18-12-7-10(13(15,16)17)6-11(14)19-12/h6-9H,2-5H2,1H3,(H,18,19). The fraction of sp³-hybridized carbons (Fsp3) is 0.615. The molecule has 19 heavy (non-hydrogen) atoms. The Bertz CT molecular complexity index is 442. The Balaban J connectivity index is 2.13. The van der Waals surface area contributed by atoms with Crippen LogP contribution in [-0.4, -0.2) is 11.0 Å². The van der Waals surface area contributed by atoms with E-state index >= 15 is 0 Å². The predicted octanol–water partition coefficient (Wildman–Crippen LogP) is 4.74. The van der Waals surface area contributed by atoms with Crippen LogP contribution in [0.4, 0.5) is 19.0 Å². The first-order chi connectivity index (χ1) is 8.86. The van der Waals surface area contributed by atoms with Crippen molar-refractivity contribution < 1.29 is 13.2 Å². The van der Waals surface area contributed by atoms with E-state index in [2.05, 4.69) is 10.3 Å². The second kappa shape index (κ2) is 5.57. The van der Waals surface area contributed by atoms with Gasteiger partial charge in [-0.15, -0.1) is 0 Å². The van der Waals surface area contributed by atoms with Crippen LogP contribution in [-0.2, 0) is 6.18 Å². The third-order valence-corrected chi connectivity index (χ3v) is 3.80. The third kappa shape index (κ3) is 3.75. The SMILES string of the molecule is CC(Nc1cc(C(F)(F)F)cc(Cl)n1)C1CCCC1. The molecule has 2 rings (SSSR count). The van der Waals surface area contributed by atoms with Crippen molar-refractivity contribution in [3.05, 3.63) is 22.8 Å². The van der Waals surface area contributed by atoms with Crippen LogP contribution >= 0.6 is 11.6 Å². The number of pyridine rings is 1. The molecule has 0 saturated heterocycles. The van der Waals surface area contributed by atoms with Crippen LogP contribution in [0, 0.1) is 5.92 Å². The van der Waals surface area contributed by atoms with Crippen LogP contribution in [0.3, 0.4) is 0 Å². The summed E-state index contributed by atoms with van der Waals surface area (Å²) in [4.78, 5) is 3.91. The van der Waals surface area contributed by atoms with Crippen molar-refractivity contribution in [2.24, 2.45) is 5.92 Å². The van der Waals surface area contributed by atoms with Gasteiger partial charge in [0.2, 0.25) is 0 Å². The summed E-state index contributed by atoms with van der Waals surface area (Å²) >= 11 is 5.65. The molecule has 1 heterocycles. The summed E-state index contributed by atoms with van der Waals surface area (Å²) in [5.74, 6) is 0.689. The first-order valence-corrected chi connectivity index (χ1v) is 6.75. The summed E-state index contributed by atoms with van der Waals surface area (Å²) in [5, 5.41) is 2.90. The Kier molecular flexibility index (Phi) is 4.23. The number of anilines is 1. The number of nitrogens with zero attached hydrogens (tertiary/aromatic N) is 1. The molecule has 1 aliphatic rings. The summed E-state index contributed by atoms with van der Waals surface area (Å²) in [5.41, 5.74) is -0.770. The lowest BCUT2D eigenvalue weighted by Crippen LogP contribution is -2.24. The van der Waals surface area contributed by atoms with Gasteiger partial charge in [-0.3, -0.25) is 0 Å². The van der Waals surface area contributed by atoms with Gasteiger partial charge in [0, 0.05) is 6.04 Å². The van der Waals surface area contributed by atoms with Gasteiger partial charge in [0.05, 0.1) is 5.56 Å². The van der Waals surface area contributed by atoms with Crippen molar-refractivity contribution in [1.82, 2.24) is 4.98 Å². The molecule has 0 amide bonds. The maximum atomic E-state index is 12.7. The first-order valence-electron chi connectivity index (χ1n) is 6.37. The highest BCUT2D eigenvalue weighted by atomic mass is 35.5. The molecular formula is C13H16ClF3N2. The lowest BCUT2D eigenvalue weighted by Gasteiger charge is -2.21. The molecule has 106 valence electrons. The van der Waals surface area contributed by atoms with Crippen molar-refractivity contribution in [3.63, 3.8) is 0 Å². The molecule has 6 heteroatoms. The Morgan fingerprint density at radius 2 is 1.95 bits per heavy atom. The quantitative estimate of drug-likeness (QED) is 0.814. The summed E-state index contributed by atoms with van der Waals surface area (Å²) in [6.45, 7) is 1.98. The first kappa shape index (κ1) is 14.4. The van der Waals surface area contributed by atoms with Gasteiger partial charge in [0.15, 0.2) is 0 Å². The van der Waals surface area contributed by atoms with E-state index < -0.39 is 11.7 Å². The van der Waals surface area contributed by atoms with E-state index in [4.69, 9.17) is 11.6 Å². The minimum Gasteiger partial charge on any atom is -0.367 e. The lowest BCUT2D eigenvalue weighted by atomic mass is 10.00.